The first-order valence-electron chi connectivity index (χ1n) is 5.16. The van der Waals surface area contributed by atoms with Crippen LogP contribution >= 0.6 is 0 Å². The molecule has 3 N–H and O–H groups in total. The van der Waals surface area contributed by atoms with E-state index in [4.69, 9.17) is 20.8 Å². The number of nitrogens with zero attached hydrogens (tertiary/aromatic N) is 1. The van der Waals surface area contributed by atoms with Crippen LogP contribution < -0.4 is 5.11 Å². The quantitative estimate of drug-likeness (QED) is 0.266. The van der Waals surface area contributed by atoms with Gasteiger partial charge >= 0.3 is 36.5 Å². The van der Waals surface area contributed by atoms with Gasteiger partial charge in [0, 0.05) is 19.3 Å². The van der Waals surface area contributed by atoms with Crippen molar-refractivity contribution in [2.75, 3.05) is 27.7 Å². The summed E-state index contributed by atoms with van der Waals surface area (Å²) in [5, 5.41) is 10.4. The number of rotatable bonds is 5. The van der Waals surface area contributed by atoms with Crippen LogP contribution in [0, 0.1) is 0 Å². The Labute approximate surface area is 114 Å². The molecule has 0 fully saturated rings. The molecule has 10 heteroatoms. The average Bonchev–Trinajstić information content (AvgIpc) is 1.91. The van der Waals surface area contributed by atoms with E-state index >= 15 is 0 Å². The standard InChI is InChI=1S/C9H17NO4.AsH3O4/c1-7(11)14-8(5-9(12)13)6-10(2,3)4;2-1(3,4)5/h8H,5-6H2,1-4H3;(H3,2,3,4,5)/t8-;/m1./s1. The molecular weight excluding hydrogens is 325 g/mol. The van der Waals surface area contributed by atoms with E-state index in [1.807, 2.05) is 21.1 Å². The van der Waals surface area contributed by atoms with E-state index in [2.05, 4.69) is 0 Å². The van der Waals surface area contributed by atoms with Gasteiger partial charge in [-0.2, -0.15) is 0 Å². The molecule has 114 valence electrons. The number of hydrogen-bond acceptors (Lipinski definition) is 5. The van der Waals surface area contributed by atoms with E-state index in [-0.39, 0.29) is 6.42 Å². The van der Waals surface area contributed by atoms with E-state index in [9.17, 15) is 14.7 Å². The molecule has 0 rings (SSSR count). The zero-order valence-electron chi connectivity index (χ0n) is 11.3. The number of likely N-dealkylation sites (N-methyl/N-ethyl adjacent to an activating group) is 1. The van der Waals surface area contributed by atoms with E-state index < -0.39 is 32.6 Å². The summed E-state index contributed by atoms with van der Waals surface area (Å²) in [5.74, 6) is -1.67. The molecule has 9 nitrogen and oxygen atoms in total. The van der Waals surface area contributed by atoms with Gasteiger partial charge in [-0.05, 0) is 0 Å². The van der Waals surface area contributed by atoms with Crippen LogP contribution in [-0.2, 0) is 18.1 Å². The molecule has 0 aliphatic heterocycles. The minimum atomic E-state index is -5.12. The summed E-state index contributed by atoms with van der Waals surface area (Å²) in [6.07, 6.45) is -0.868. The van der Waals surface area contributed by atoms with E-state index in [0.717, 1.165) is 0 Å². The molecule has 0 unspecified atom stereocenters. The Kier molecular flexibility index (Phi) is 8.98. The summed E-state index contributed by atoms with van der Waals surface area (Å²) >= 11 is -5.12. The molecule has 0 aromatic rings. The second-order valence-electron chi connectivity index (χ2n) is 4.79. The molecule has 0 aromatic carbocycles. The number of carboxylic acid groups (broad SMARTS) is 1. The van der Waals surface area contributed by atoms with Crippen molar-refractivity contribution in [1.29, 1.82) is 0 Å². The molecule has 0 aromatic heterocycles. The molecule has 0 spiro atoms. The van der Waals surface area contributed by atoms with Crippen LogP contribution in [0.3, 0.4) is 0 Å². The van der Waals surface area contributed by atoms with Gasteiger partial charge < -0.3 is 19.1 Å². The van der Waals surface area contributed by atoms with Gasteiger partial charge in [-0.1, -0.05) is 0 Å². The Morgan fingerprint density at radius 3 is 1.84 bits per heavy atom. The van der Waals surface area contributed by atoms with Gasteiger partial charge in [-0.25, -0.2) is 0 Å². The molecule has 0 radical (unpaired) electrons. The van der Waals surface area contributed by atoms with E-state index in [0.29, 0.717) is 11.0 Å². The van der Waals surface area contributed by atoms with Crippen molar-refractivity contribution in [2.45, 2.75) is 19.4 Å². The fourth-order valence-corrected chi connectivity index (χ4v) is 1.17. The third-order valence-corrected chi connectivity index (χ3v) is 1.48. The Bertz CT molecular complexity index is 320. The van der Waals surface area contributed by atoms with Crippen molar-refractivity contribution < 1.29 is 39.9 Å². The Morgan fingerprint density at radius 1 is 1.26 bits per heavy atom. The molecule has 0 saturated carbocycles. The Balaban J connectivity index is 0. The second kappa shape index (κ2) is 8.34. The normalized spacial score (nSPS) is 13.0. The van der Waals surface area contributed by atoms with Crippen molar-refractivity contribution in [3.63, 3.8) is 0 Å². The van der Waals surface area contributed by atoms with Crippen molar-refractivity contribution in [3.8, 4) is 0 Å². The van der Waals surface area contributed by atoms with E-state index in [1.54, 1.807) is 0 Å². The van der Waals surface area contributed by atoms with Crippen LogP contribution in [0.25, 0.3) is 0 Å². The van der Waals surface area contributed by atoms with Crippen LogP contribution in [0.2, 0.25) is 0 Å². The third kappa shape index (κ3) is 26.7. The molecule has 0 aliphatic carbocycles. The van der Waals surface area contributed by atoms with Gasteiger partial charge in [0.05, 0.1) is 21.1 Å². The van der Waals surface area contributed by atoms with Crippen LogP contribution in [0.15, 0.2) is 0 Å². The second-order valence-corrected chi connectivity index (χ2v) is 6.95. The summed E-state index contributed by atoms with van der Waals surface area (Å²) in [5.41, 5.74) is 0. The Hall–Kier alpha value is -0.862. The number of aliphatic carboxylic acids is 1. The van der Waals surface area contributed by atoms with Crippen molar-refractivity contribution in [1.82, 2.24) is 0 Å². The average molecular weight is 345 g/mol. The number of ether oxygens (including phenoxy) is 1. The number of quaternary nitrogens is 1. The summed E-state index contributed by atoms with van der Waals surface area (Å²) in [6, 6.07) is 0. The summed E-state index contributed by atoms with van der Waals surface area (Å²) in [6.45, 7) is 1.71. The van der Waals surface area contributed by atoms with Gasteiger partial charge in [0.15, 0.2) is 6.10 Å². The molecule has 0 amide bonds. The SMILES string of the molecule is CC(=O)O[C@H](CC(=O)[O-])C[N+](C)(C)C.O=[As](O)(O)O. The number of carboxylic acids is 1. The fraction of sp³-hybridized carbons (Fsp3) is 0.778. The van der Waals surface area contributed by atoms with Gasteiger partial charge in [-0.3, -0.25) is 4.79 Å². The maximum atomic E-state index is 10.7. The zero-order valence-corrected chi connectivity index (χ0v) is 13.1. The first-order chi connectivity index (χ1) is 8.20. The first kappa shape index (κ1) is 20.5. The third-order valence-electron chi connectivity index (χ3n) is 1.48. The predicted molar refractivity (Wildman–Crippen MR) is 61.2 cm³/mol. The van der Waals surface area contributed by atoms with Crippen LogP contribution in [-0.4, -0.2) is 77.0 Å². The molecule has 1 atom stereocenters. The minimum absolute atomic E-state index is 0.255. The summed E-state index contributed by atoms with van der Waals surface area (Å²) in [4.78, 5) is 21.0. The molecule has 0 saturated heterocycles. The van der Waals surface area contributed by atoms with Gasteiger partial charge in [0.2, 0.25) is 0 Å². The maximum absolute atomic E-state index is 10.7. The van der Waals surface area contributed by atoms with Crippen LogP contribution in [0.1, 0.15) is 13.3 Å². The number of esters is 1. The fourth-order valence-electron chi connectivity index (χ4n) is 1.17. The first-order valence-corrected chi connectivity index (χ1v) is 8.45. The Morgan fingerprint density at radius 2 is 1.63 bits per heavy atom. The predicted octanol–water partition coefficient (Wildman–Crippen LogP) is -3.41. The van der Waals surface area contributed by atoms with Crippen molar-refractivity contribution in [2.24, 2.45) is 0 Å². The molecular formula is C9H20AsNO8. The van der Waals surface area contributed by atoms with E-state index in [1.165, 1.54) is 6.92 Å². The van der Waals surface area contributed by atoms with Crippen molar-refractivity contribution in [3.05, 3.63) is 0 Å². The van der Waals surface area contributed by atoms with Crippen molar-refractivity contribution >= 4 is 26.5 Å². The monoisotopic (exact) mass is 345 g/mol. The molecule has 0 heterocycles. The molecule has 0 aliphatic rings. The van der Waals surface area contributed by atoms with Gasteiger partial charge in [0.1, 0.15) is 6.54 Å². The molecule has 0 bridgehead atoms. The topological polar surface area (TPSA) is 144 Å². The summed E-state index contributed by atoms with van der Waals surface area (Å²) in [7, 11) is 5.68. The van der Waals surface area contributed by atoms with Crippen LogP contribution in [0.4, 0.5) is 0 Å². The van der Waals surface area contributed by atoms with Gasteiger partial charge in [-0.15, -0.1) is 0 Å². The number of carbonyl (C=O) groups is 2. The van der Waals surface area contributed by atoms with Crippen LogP contribution in [0.5, 0.6) is 0 Å². The number of carbonyl (C=O) groups excluding carboxylic acids is 2. The zero-order chi connectivity index (χ0) is 15.9. The number of hydrogen-bond donors (Lipinski definition) is 3. The van der Waals surface area contributed by atoms with Gasteiger partial charge in [0.25, 0.3) is 0 Å². The molecule has 19 heavy (non-hydrogen) atoms. The summed E-state index contributed by atoms with van der Waals surface area (Å²) < 4.78 is 36.1.